The van der Waals surface area contributed by atoms with Crippen LogP contribution in [-0.2, 0) is 0 Å². The predicted octanol–water partition coefficient (Wildman–Crippen LogP) is 13.7. The van der Waals surface area contributed by atoms with E-state index < -0.39 is 0 Å². The molecule has 11 aromatic rings. The molecule has 0 fully saturated rings. The number of para-hydroxylation sites is 4. The fourth-order valence-electron chi connectivity index (χ4n) is 7.70. The molecule has 0 saturated carbocycles. The van der Waals surface area contributed by atoms with Crippen LogP contribution in [-0.4, -0.2) is 0 Å². The Hall–Kier alpha value is -6.78. The van der Waals surface area contributed by atoms with E-state index in [1.54, 1.807) is 0 Å². The van der Waals surface area contributed by atoms with Crippen molar-refractivity contribution in [1.82, 2.24) is 0 Å². The number of rotatable bonds is 4. The Bertz CT molecular complexity index is 3110. The van der Waals surface area contributed by atoms with Crippen molar-refractivity contribution in [2.75, 3.05) is 4.90 Å². The monoisotopic (exact) mass is 641 g/mol. The molecule has 0 atom stereocenters. The van der Waals surface area contributed by atoms with E-state index >= 15 is 0 Å². The molecule has 11 rings (SSSR count). The lowest BCUT2D eigenvalue weighted by Gasteiger charge is -2.26. The van der Waals surface area contributed by atoms with Crippen molar-refractivity contribution in [3.63, 3.8) is 0 Å². The third-order valence-electron chi connectivity index (χ3n) is 10.0. The first-order valence-electron chi connectivity index (χ1n) is 16.8. The van der Waals surface area contributed by atoms with Crippen LogP contribution in [0.3, 0.4) is 0 Å². The van der Waals surface area contributed by atoms with Crippen LogP contribution in [0.5, 0.6) is 0 Å². The first-order valence-corrected chi connectivity index (χ1v) is 16.8. The molecular weight excluding hydrogens is 615 g/mol. The molecule has 0 unspecified atom stereocenters. The lowest BCUT2D eigenvalue weighted by molar-refractivity contribution is 0.662. The highest BCUT2D eigenvalue weighted by molar-refractivity contribution is 6.26. The first kappa shape index (κ1) is 27.2. The number of benzene rings is 8. The molecule has 0 radical (unpaired) electrons. The van der Waals surface area contributed by atoms with Crippen molar-refractivity contribution in [2.24, 2.45) is 0 Å². The Kier molecular flexibility index (Phi) is 5.63. The van der Waals surface area contributed by atoms with Gasteiger partial charge in [0, 0.05) is 32.6 Å². The number of furan rings is 3. The highest BCUT2D eigenvalue weighted by Gasteiger charge is 2.26. The first-order chi connectivity index (χ1) is 24.8. The van der Waals surface area contributed by atoms with E-state index in [2.05, 4.69) is 132 Å². The van der Waals surface area contributed by atoms with E-state index in [0.29, 0.717) is 0 Å². The summed E-state index contributed by atoms with van der Waals surface area (Å²) in [6.07, 6.45) is 0. The molecule has 0 amide bonds. The van der Waals surface area contributed by atoms with Crippen LogP contribution in [0.25, 0.3) is 87.7 Å². The van der Waals surface area contributed by atoms with Crippen LogP contribution in [0.2, 0.25) is 0 Å². The number of hydrogen-bond acceptors (Lipinski definition) is 4. The molecule has 0 aliphatic rings. The molecule has 234 valence electrons. The van der Waals surface area contributed by atoms with Crippen molar-refractivity contribution in [2.45, 2.75) is 0 Å². The summed E-state index contributed by atoms with van der Waals surface area (Å²) >= 11 is 0. The quantitative estimate of drug-likeness (QED) is 0.192. The molecule has 3 heterocycles. The summed E-state index contributed by atoms with van der Waals surface area (Å²) in [5.74, 6) is 0. The normalized spacial score (nSPS) is 12.0. The number of nitrogens with zero attached hydrogens (tertiary/aromatic N) is 1. The summed E-state index contributed by atoms with van der Waals surface area (Å²) in [6.45, 7) is 0. The molecular formula is C46H27NO3. The Labute approximate surface area is 286 Å². The molecule has 0 aliphatic carbocycles. The number of anilines is 3. The van der Waals surface area contributed by atoms with E-state index in [1.807, 2.05) is 36.4 Å². The minimum atomic E-state index is 0.754. The molecule has 0 aliphatic heterocycles. The van der Waals surface area contributed by atoms with Crippen molar-refractivity contribution >= 4 is 93.7 Å². The van der Waals surface area contributed by atoms with Gasteiger partial charge in [0.15, 0.2) is 11.2 Å². The summed E-state index contributed by atoms with van der Waals surface area (Å²) in [4.78, 5) is 2.28. The van der Waals surface area contributed by atoms with Gasteiger partial charge in [-0.25, -0.2) is 0 Å². The SMILES string of the molecule is c1ccc2cc(-c3ccc(N(c4cccc5c4oc4ccccc45)c4cc5c6ccccc6oc5c5c4oc4ccccc45)cc3)ccc2c1. The minimum absolute atomic E-state index is 0.754. The number of hydrogen-bond donors (Lipinski definition) is 0. The summed E-state index contributed by atoms with van der Waals surface area (Å²) in [6, 6.07) is 57.2. The second kappa shape index (κ2) is 10.4. The van der Waals surface area contributed by atoms with Gasteiger partial charge in [0.05, 0.1) is 16.8 Å². The molecule has 4 nitrogen and oxygen atoms in total. The maximum absolute atomic E-state index is 6.78. The highest BCUT2D eigenvalue weighted by Crippen LogP contribution is 2.49. The summed E-state index contributed by atoms with van der Waals surface area (Å²) in [7, 11) is 0. The highest BCUT2D eigenvalue weighted by atomic mass is 16.3. The molecule has 0 N–H and O–H groups in total. The topological polar surface area (TPSA) is 42.7 Å². The summed E-state index contributed by atoms with van der Waals surface area (Å²) in [5.41, 5.74) is 10.0. The Balaban J connectivity index is 1.21. The van der Waals surface area contributed by atoms with Crippen LogP contribution in [0.15, 0.2) is 177 Å². The third kappa shape index (κ3) is 3.93. The van der Waals surface area contributed by atoms with Gasteiger partial charge in [-0.1, -0.05) is 115 Å². The average Bonchev–Trinajstić information content (AvgIpc) is 3.87. The van der Waals surface area contributed by atoms with E-state index in [4.69, 9.17) is 13.3 Å². The van der Waals surface area contributed by atoms with Crippen molar-refractivity contribution in [3.05, 3.63) is 164 Å². The fourth-order valence-corrected chi connectivity index (χ4v) is 7.70. The molecule has 0 spiro atoms. The molecule has 50 heavy (non-hydrogen) atoms. The zero-order chi connectivity index (χ0) is 32.8. The largest absolute Gasteiger partial charge is 0.455 e. The standard InChI is InChI=1S/C46H27NO3/c1-2-11-30-26-31(21-20-28(30)10-1)29-22-24-32(25-23-29)47(38-16-9-15-35-33-12-3-6-17-40(33)48-44(35)38)39-27-37-34-13-4-7-18-41(34)49-45(37)43-36-14-5-8-19-42(36)50-46(39)43/h1-27H. The molecule has 0 saturated heterocycles. The van der Waals surface area contributed by atoms with Crippen LogP contribution in [0.4, 0.5) is 17.1 Å². The van der Waals surface area contributed by atoms with Gasteiger partial charge in [-0.3, -0.25) is 0 Å². The van der Waals surface area contributed by atoms with Gasteiger partial charge in [0.25, 0.3) is 0 Å². The van der Waals surface area contributed by atoms with Gasteiger partial charge >= 0.3 is 0 Å². The lowest BCUT2D eigenvalue weighted by atomic mass is 10.0. The van der Waals surface area contributed by atoms with E-state index in [1.165, 1.54) is 16.3 Å². The Morgan fingerprint density at radius 3 is 1.70 bits per heavy atom. The predicted molar refractivity (Wildman–Crippen MR) is 206 cm³/mol. The van der Waals surface area contributed by atoms with Gasteiger partial charge < -0.3 is 18.2 Å². The molecule has 0 bridgehead atoms. The third-order valence-corrected chi connectivity index (χ3v) is 10.0. The van der Waals surface area contributed by atoms with Crippen LogP contribution in [0, 0.1) is 0 Å². The van der Waals surface area contributed by atoms with Gasteiger partial charge in [0.2, 0.25) is 0 Å². The second-order valence-electron chi connectivity index (χ2n) is 12.9. The van der Waals surface area contributed by atoms with Crippen LogP contribution in [0.1, 0.15) is 0 Å². The van der Waals surface area contributed by atoms with Crippen LogP contribution >= 0.6 is 0 Å². The Morgan fingerprint density at radius 2 is 0.920 bits per heavy atom. The van der Waals surface area contributed by atoms with Gasteiger partial charge in [0.1, 0.15) is 22.3 Å². The summed E-state index contributed by atoms with van der Waals surface area (Å²) < 4.78 is 20.0. The maximum Gasteiger partial charge on any atom is 0.163 e. The lowest BCUT2D eigenvalue weighted by Crippen LogP contribution is -2.10. The summed E-state index contributed by atoms with van der Waals surface area (Å²) in [5, 5.41) is 8.66. The maximum atomic E-state index is 6.78. The second-order valence-corrected chi connectivity index (χ2v) is 12.9. The molecule has 8 aromatic carbocycles. The Morgan fingerprint density at radius 1 is 0.340 bits per heavy atom. The minimum Gasteiger partial charge on any atom is -0.455 e. The van der Waals surface area contributed by atoms with Gasteiger partial charge in [-0.15, -0.1) is 0 Å². The zero-order valence-corrected chi connectivity index (χ0v) is 26.8. The van der Waals surface area contributed by atoms with Gasteiger partial charge in [-0.2, -0.15) is 0 Å². The van der Waals surface area contributed by atoms with E-state index in [-0.39, 0.29) is 0 Å². The molecule has 3 aromatic heterocycles. The smallest absolute Gasteiger partial charge is 0.163 e. The zero-order valence-electron chi connectivity index (χ0n) is 26.8. The fraction of sp³-hybridized carbons (Fsp3) is 0. The van der Waals surface area contributed by atoms with E-state index in [0.717, 1.165) is 88.4 Å². The van der Waals surface area contributed by atoms with Crippen molar-refractivity contribution in [3.8, 4) is 11.1 Å². The van der Waals surface area contributed by atoms with Gasteiger partial charge in [-0.05, 0) is 70.4 Å². The van der Waals surface area contributed by atoms with Crippen molar-refractivity contribution < 1.29 is 13.3 Å². The van der Waals surface area contributed by atoms with Crippen LogP contribution < -0.4 is 4.90 Å². The average molecular weight is 642 g/mol. The number of fused-ring (bicyclic) bond motifs is 11. The van der Waals surface area contributed by atoms with Crippen molar-refractivity contribution in [1.29, 1.82) is 0 Å². The molecule has 4 heteroatoms. The van der Waals surface area contributed by atoms with E-state index in [9.17, 15) is 0 Å².